The predicted octanol–water partition coefficient (Wildman–Crippen LogP) is 4.54. The molecule has 8 nitrogen and oxygen atoms in total. The third-order valence-corrected chi connectivity index (χ3v) is 6.57. The molecule has 6 aromatic rings. The van der Waals surface area contributed by atoms with Gasteiger partial charge in [-0.3, -0.25) is 4.57 Å². The Hall–Kier alpha value is -4.66. The zero-order valence-corrected chi connectivity index (χ0v) is 18.5. The van der Waals surface area contributed by atoms with Gasteiger partial charge in [0.2, 0.25) is 0 Å². The minimum Gasteiger partial charge on any atom is -0.313 e. The summed E-state index contributed by atoms with van der Waals surface area (Å²) in [5.41, 5.74) is 5.13. The van der Waals surface area contributed by atoms with E-state index in [1.165, 1.54) is 17.2 Å². The van der Waals surface area contributed by atoms with E-state index in [9.17, 15) is 4.39 Å². The summed E-state index contributed by atoms with van der Waals surface area (Å²) in [6.45, 7) is 0. The van der Waals surface area contributed by atoms with Crippen molar-refractivity contribution >= 4 is 11.2 Å². The number of hydrogen-bond donors (Lipinski definition) is 0. The highest BCUT2D eigenvalue weighted by Gasteiger charge is 2.26. The van der Waals surface area contributed by atoms with Crippen molar-refractivity contribution in [1.29, 1.82) is 0 Å². The molecular formula is C26H19FN8. The molecule has 0 saturated carbocycles. The third-order valence-electron chi connectivity index (χ3n) is 6.57. The lowest BCUT2D eigenvalue weighted by Crippen LogP contribution is -2.06. The smallest absolute Gasteiger partial charge is 0.167 e. The van der Waals surface area contributed by atoms with Gasteiger partial charge < -0.3 is 4.57 Å². The number of hydrogen-bond acceptors (Lipinski definition) is 5. The van der Waals surface area contributed by atoms with E-state index in [0.717, 1.165) is 18.5 Å². The van der Waals surface area contributed by atoms with Gasteiger partial charge in [0.05, 0.1) is 11.6 Å². The molecule has 1 atom stereocenters. The normalized spacial score (nSPS) is 15.1. The molecule has 1 aliphatic rings. The van der Waals surface area contributed by atoms with E-state index in [4.69, 9.17) is 9.97 Å². The van der Waals surface area contributed by atoms with E-state index in [1.54, 1.807) is 35.7 Å². The number of aryl methyl sites for hydroxylation is 1. The average Bonchev–Trinajstić information content (AvgIpc) is 3.69. The lowest BCUT2D eigenvalue weighted by atomic mass is 10.1. The highest BCUT2D eigenvalue weighted by atomic mass is 19.1. The molecule has 0 saturated heterocycles. The molecule has 4 aromatic heterocycles. The number of aromatic nitrogens is 8. The molecule has 0 bridgehead atoms. The van der Waals surface area contributed by atoms with Crippen molar-refractivity contribution in [3.63, 3.8) is 0 Å². The van der Waals surface area contributed by atoms with Gasteiger partial charge in [-0.1, -0.05) is 18.2 Å². The Morgan fingerprint density at radius 3 is 2.63 bits per heavy atom. The number of benzene rings is 2. The van der Waals surface area contributed by atoms with E-state index in [-0.39, 0.29) is 11.9 Å². The first kappa shape index (κ1) is 19.8. The number of halogens is 1. The van der Waals surface area contributed by atoms with Gasteiger partial charge in [-0.25, -0.2) is 19.0 Å². The van der Waals surface area contributed by atoms with Gasteiger partial charge in [0.1, 0.15) is 29.8 Å². The highest BCUT2D eigenvalue weighted by Crippen LogP contribution is 2.37. The van der Waals surface area contributed by atoms with Gasteiger partial charge in [-0.2, -0.15) is 5.10 Å². The molecule has 9 heteroatoms. The van der Waals surface area contributed by atoms with Crippen LogP contribution in [0.5, 0.6) is 0 Å². The van der Waals surface area contributed by atoms with Crippen LogP contribution in [0.4, 0.5) is 4.39 Å². The van der Waals surface area contributed by atoms with Crippen LogP contribution in [0.1, 0.15) is 23.6 Å². The van der Waals surface area contributed by atoms with Gasteiger partial charge in [-0.05, 0) is 66.4 Å². The van der Waals surface area contributed by atoms with Gasteiger partial charge in [0.15, 0.2) is 11.5 Å². The molecule has 1 aliphatic carbocycles. The van der Waals surface area contributed by atoms with Crippen LogP contribution in [0.15, 0.2) is 85.7 Å². The number of fused-ring (bicyclic) bond motifs is 2. The second-order valence-electron chi connectivity index (χ2n) is 8.56. The highest BCUT2D eigenvalue weighted by molar-refractivity contribution is 5.81. The number of pyridine rings is 1. The molecule has 0 amide bonds. The average molecular weight is 462 g/mol. The molecule has 0 radical (unpaired) electrons. The molecular weight excluding hydrogens is 443 g/mol. The predicted molar refractivity (Wildman–Crippen MR) is 128 cm³/mol. The summed E-state index contributed by atoms with van der Waals surface area (Å²) in [6, 6.07) is 18.9. The number of nitrogens with zero attached hydrogens (tertiary/aromatic N) is 8. The van der Waals surface area contributed by atoms with Crippen molar-refractivity contribution < 1.29 is 4.39 Å². The first-order valence-corrected chi connectivity index (χ1v) is 11.4. The van der Waals surface area contributed by atoms with Crippen LogP contribution in [-0.4, -0.2) is 39.1 Å². The van der Waals surface area contributed by atoms with Crippen molar-refractivity contribution in [2.45, 2.75) is 18.9 Å². The second-order valence-corrected chi connectivity index (χ2v) is 8.56. The minimum atomic E-state index is -0.329. The maximum absolute atomic E-state index is 14.9. The first-order valence-electron chi connectivity index (χ1n) is 11.4. The summed E-state index contributed by atoms with van der Waals surface area (Å²) in [5.74, 6) is 0.847. The van der Waals surface area contributed by atoms with Gasteiger partial charge in [0.25, 0.3) is 0 Å². The summed E-state index contributed by atoms with van der Waals surface area (Å²) >= 11 is 0. The van der Waals surface area contributed by atoms with Crippen molar-refractivity contribution in [2.75, 3.05) is 0 Å². The van der Waals surface area contributed by atoms with Crippen LogP contribution in [0.2, 0.25) is 0 Å². The van der Waals surface area contributed by atoms with Crippen molar-refractivity contribution in [2.24, 2.45) is 0 Å². The molecule has 0 aliphatic heterocycles. The van der Waals surface area contributed by atoms with Crippen LogP contribution in [-0.2, 0) is 6.42 Å². The Morgan fingerprint density at radius 2 is 1.80 bits per heavy atom. The van der Waals surface area contributed by atoms with Crippen LogP contribution in [0, 0.1) is 5.82 Å². The number of imidazole rings is 1. The third kappa shape index (κ3) is 3.16. The Kier molecular flexibility index (Phi) is 4.35. The Labute approximate surface area is 199 Å². The number of rotatable bonds is 4. The van der Waals surface area contributed by atoms with Crippen LogP contribution in [0.3, 0.4) is 0 Å². The Balaban J connectivity index is 1.44. The van der Waals surface area contributed by atoms with E-state index in [1.807, 2.05) is 39.6 Å². The lowest BCUT2D eigenvalue weighted by molar-refractivity contribution is 0.578. The summed E-state index contributed by atoms with van der Waals surface area (Å²) in [4.78, 5) is 9.68. The summed E-state index contributed by atoms with van der Waals surface area (Å²) in [6.07, 6.45) is 8.97. The standard InChI is InChI=1S/C26H19FN8/c27-21-5-2-1-4-20(21)25-31-22-9-11-24(34-13-3-12-30-34)32-26(22)35(25)18-7-8-19-17(14-18)6-10-23(19)33-15-28-29-16-33/h1-5,7-9,11-16,23H,6,10H2/t23-/m0/s1. The zero-order chi connectivity index (χ0) is 23.4. The largest absolute Gasteiger partial charge is 0.313 e. The van der Waals surface area contributed by atoms with Crippen LogP contribution < -0.4 is 0 Å². The van der Waals surface area contributed by atoms with Gasteiger partial charge in [0, 0.05) is 18.1 Å². The molecule has 0 spiro atoms. The topological polar surface area (TPSA) is 79.2 Å². The van der Waals surface area contributed by atoms with Gasteiger partial charge in [-0.15, -0.1) is 10.2 Å². The maximum Gasteiger partial charge on any atom is 0.167 e. The molecule has 0 N–H and O–H groups in total. The summed E-state index contributed by atoms with van der Waals surface area (Å²) in [5, 5.41) is 12.2. The fourth-order valence-corrected chi connectivity index (χ4v) is 4.95. The first-order chi connectivity index (χ1) is 17.3. The van der Waals surface area contributed by atoms with Crippen LogP contribution in [0.25, 0.3) is 34.1 Å². The van der Waals surface area contributed by atoms with E-state index in [2.05, 4.69) is 33.5 Å². The van der Waals surface area contributed by atoms with Crippen LogP contribution >= 0.6 is 0 Å². The van der Waals surface area contributed by atoms with Gasteiger partial charge >= 0.3 is 0 Å². The molecule has 2 aromatic carbocycles. The lowest BCUT2D eigenvalue weighted by Gasteiger charge is -2.14. The molecule has 7 rings (SSSR count). The van der Waals surface area contributed by atoms with Crippen molar-refractivity contribution in [3.8, 4) is 22.9 Å². The van der Waals surface area contributed by atoms with Crippen molar-refractivity contribution in [1.82, 2.24) is 39.1 Å². The zero-order valence-electron chi connectivity index (χ0n) is 18.5. The van der Waals surface area contributed by atoms with E-state index in [0.29, 0.717) is 28.4 Å². The molecule has 4 heterocycles. The summed E-state index contributed by atoms with van der Waals surface area (Å²) in [7, 11) is 0. The maximum atomic E-state index is 14.9. The fourth-order valence-electron chi connectivity index (χ4n) is 4.95. The molecule has 170 valence electrons. The monoisotopic (exact) mass is 462 g/mol. The molecule has 0 fully saturated rings. The Morgan fingerprint density at radius 1 is 0.914 bits per heavy atom. The van der Waals surface area contributed by atoms with E-state index < -0.39 is 0 Å². The van der Waals surface area contributed by atoms with Crippen molar-refractivity contribution in [3.05, 3.63) is 103 Å². The SMILES string of the molecule is Fc1ccccc1-c1nc2ccc(-n3cccn3)nc2n1-c1ccc2c(c1)CC[C@@H]2n1cnnc1. The molecule has 35 heavy (non-hydrogen) atoms. The second kappa shape index (κ2) is 7.69. The summed E-state index contributed by atoms with van der Waals surface area (Å²) < 4.78 is 20.6. The quantitative estimate of drug-likeness (QED) is 0.384. The van der Waals surface area contributed by atoms with E-state index >= 15 is 0 Å². The molecule has 0 unspecified atom stereocenters. The minimum absolute atomic E-state index is 0.212. The fraction of sp³-hybridized carbons (Fsp3) is 0.115. The Bertz CT molecular complexity index is 1670.